The Hall–Kier alpha value is -0.160. The minimum atomic E-state index is -0.410. The number of hydrogen-bond acceptors (Lipinski definition) is 4. The van der Waals surface area contributed by atoms with Crippen LogP contribution in [0.25, 0.3) is 0 Å². The van der Waals surface area contributed by atoms with Gasteiger partial charge in [-0.15, -0.1) is 0 Å². The van der Waals surface area contributed by atoms with Crippen LogP contribution < -0.4 is 0 Å². The molecule has 0 radical (unpaired) electrons. The van der Waals surface area contributed by atoms with Gasteiger partial charge in [0.1, 0.15) is 0 Å². The van der Waals surface area contributed by atoms with E-state index in [2.05, 4.69) is 0 Å². The van der Waals surface area contributed by atoms with E-state index in [1.165, 1.54) is 0 Å². The van der Waals surface area contributed by atoms with Crippen LogP contribution >= 0.6 is 0 Å². The van der Waals surface area contributed by atoms with E-state index in [-0.39, 0.29) is 12.4 Å². The standard InChI is InChI=1S/C11H22O4/c1-11(2)14-8-9(15-11)6-5-7-10(12-3)13-4/h9-10H,5-8H2,1-4H3. The third kappa shape index (κ3) is 4.47. The lowest BCUT2D eigenvalue weighted by molar-refractivity contribution is -0.140. The van der Waals surface area contributed by atoms with Crippen molar-refractivity contribution >= 4 is 0 Å². The van der Waals surface area contributed by atoms with E-state index < -0.39 is 5.79 Å². The van der Waals surface area contributed by atoms with Crippen molar-refractivity contribution in [2.24, 2.45) is 0 Å². The van der Waals surface area contributed by atoms with Crippen LogP contribution in [0, 0.1) is 0 Å². The Morgan fingerprint density at radius 1 is 1.33 bits per heavy atom. The van der Waals surface area contributed by atoms with Crippen molar-refractivity contribution in [2.45, 2.75) is 51.3 Å². The van der Waals surface area contributed by atoms with Crippen molar-refractivity contribution in [3.63, 3.8) is 0 Å². The summed E-state index contributed by atoms with van der Waals surface area (Å²) in [6, 6.07) is 0. The molecular weight excluding hydrogens is 196 g/mol. The summed E-state index contributed by atoms with van der Waals surface area (Å²) < 4.78 is 21.4. The molecule has 0 aromatic carbocycles. The second-order valence-corrected chi connectivity index (χ2v) is 4.28. The van der Waals surface area contributed by atoms with Crippen LogP contribution in [0.4, 0.5) is 0 Å². The molecular formula is C11H22O4. The maximum absolute atomic E-state index is 5.69. The Kier molecular flexibility index (Phi) is 4.99. The summed E-state index contributed by atoms with van der Waals surface area (Å²) in [6.45, 7) is 4.58. The first kappa shape index (κ1) is 12.9. The van der Waals surface area contributed by atoms with Gasteiger partial charge in [-0.25, -0.2) is 0 Å². The Bertz CT molecular complexity index is 177. The Morgan fingerprint density at radius 2 is 2.00 bits per heavy atom. The molecule has 4 heteroatoms. The molecule has 0 amide bonds. The van der Waals surface area contributed by atoms with Gasteiger partial charge in [0, 0.05) is 14.2 Å². The fraction of sp³-hybridized carbons (Fsp3) is 1.00. The van der Waals surface area contributed by atoms with Gasteiger partial charge in [-0.05, 0) is 33.1 Å². The molecule has 1 saturated heterocycles. The minimum Gasteiger partial charge on any atom is -0.356 e. The molecule has 1 heterocycles. The second kappa shape index (κ2) is 5.80. The van der Waals surface area contributed by atoms with Crippen molar-refractivity contribution in [1.82, 2.24) is 0 Å². The molecule has 15 heavy (non-hydrogen) atoms. The highest BCUT2D eigenvalue weighted by Gasteiger charge is 2.32. The van der Waals surface area contributed by atoms with E-state index in [0.717, 1.165) is 19.3 Å². The molecule has 0 spiro atoms. The van der Waals surface area contributed by atoms with Gasteiger partial charge in [0.15, 0.2) is 12.1 Å². The van der Waals surface area contributed by atoms with Crippen molar-refractivity contribution < 1.29 is 18.9 Å². The van der Waals surface area contributed by atoms with Crippen molar-refractivity contribution in [1.29, 1.82) is 0 Å². The zero-order chi connectivity index (χ0) is 11.3. The Labute approximate surface area is 91.8 Å². The average Bonchev–Trinajstić information content (AvgIpc) is 2.53. The molecule has 1 aliphatic rings. The van der Waals surface area contributed by atoms with E-state index in [4.69, 9.17) is 18.9 Å². The molecule has 0 aromatic rings. The molecule has 1 aliphatic heterocycles. The number of hydrogen-bond donors (Lipinski definition) is 0. The highest BCUT2D eigenvalue weighted by molar-refractivity contribution is 4.70. The summed E-state index contributed by atoms with van der Waals surface area (Å²) in [4.78, 5) is 0. The third-order valence-electron chi connectivity index (χ3n) is 2.56. The SMILES string of the molecule is COC(CCCC1COC(C)(C)O1)OC. The molecule has 0 N–H and O–H groups in total. The fourth-order valence-corrected chi connectivity index (χ4v) is 1.75. The van der Waals surface area contributed by atoms with E-state index in [9.17, 15) is 0 Å². The lowest BCUT2D eigenvalue weighted by atomic mass is 10.1. The zero-order valence-electron chi connectivity index (χ0n) is 10.1. The molecule has 1 atom stereocenters. The van der Waals surface area contributed by atoms with Crippen molar-refractivity contribution in [2.75, 3.05) is 20.8 Å². The second-order valence-electron chi connectivity index (χ2n) is 4.28. The summed E-state index contributed by atoms with van der Waals surface area (Å²) in [5.74, 6) is -0.410. The maximum atomic E-state index is 5.69. The van der Waals surface area contributed by atoms with Gasteiger partial charge in [0.2, 0.25) is 0 Å². The molecule has 1 fully saturated rings. The van der Waals surface area contributed by atoms with Crippen LogP contribution in [0.5, 0.6) is 0 Å². The van der Waals surface area contributed by atoms with Gasteiger partial charge < -0.3 is 18.9 Å². The maximum Gasteiger partial charge on any atom is 0.163 e. The summed E-state index contributed by atoms with van der Waals surface area (Å²) in [5.41, 5.74) is 0. The molecule has 1 unspecified atom stereocenters. The quantitative estimate of drug-likeness (QED) is 0.638. The highest BCUT2D eigenvalue weighted by Crippen LogP contribution is 2.25. The van der Waals surface area contributed by atoms with E-state index in [0.29, 0.717) is 6.61 Å². The van der Waals surface area contributed by atoms with E-state index in [1.807, 2.05) is 13.8 Å². The van der Waals surface area contributed by atoms with E-state index >= 15 is 0 Å². The Balaban J connectivity index is 2.11. The molecule has 0 bridgehead atoms. The first-order valence-corrected chi connectivity index (χ1v) is 5.45. The van der Waals surface area contributed by atoms with Gasteiger partial charge in [-0.1, -0.05) is 0 Å². The fourth-order valence-electron chi connectivity index (χ4n) is 1.75. The van der Waals surface area contributed by atoms with Crippen LogP contribution in [0.1, 0.15) is 33.1 Å². The predicted octanol–water partition coefficient (Wildman–Crippen LogP) is 1.93. The van der Waals surface area contributed by atoms with Gasteiger partial charge >= 0.3 is 0 Å². The molecule has 1 rings (SSSR count). The molecule has 90 valence electrons. The third-order valence-corrected chi connectivity index (χ3v) is 2.56. The molecule has 0 aromatic heterocycles. The summed E-state index contributed by atoms with van der Waals surface area (Å²) in [7, 11) is 3.32. The minimum absolute atomic E-state index is 0.0969. The number of ether oxygens (including phenoxy) is 4. The zero-order valence-corrected chi connectivity index (χ0v) is 10.1. The van der Waals surface area contributed by atoms with Crippen LogP contribution in [-0.2, 0) is 18.9 Å². The summed E-state index contributed by atoms with van der Waals surface area (Å²) in [5, 5.41) is 0. The van der Waals surface area contributed by atoms with Gasteiger partial charge in [-0.2, -0.15) is 0 Å². The lowest BCUT2D eigenvalue weighted by Gasteiger charge is -2.17. The lowest BCUT2D eigenvalue weighted by Crippen LogP contribution is -2.21. The number of methoxy groups -OCH3 is 2. The first-order chi connectivity index (χ1) is 7.07. The topological polar surface area (TPSA) is 36.9 Å². The van der Waals surface area contributed by atoms with Gasteiger partial charge in [0.05, 0.1) is 12.7 Å². The largest absolute Gasteiger partial charge is 0.356 e. The number of rotatable bonds is 6. The van der Waals surface area contributed by atoms with Crippen molar-refractivity contribution in [3.8, 4) is 0 Å². The smallest absolute Gasteiger partial charge is 0.163 e. The van der Waals surface area contributed by atoms with Crippen LogP contribution in [0.2, 0.25) is 0 Å². The monoisotopic (exact) mass is 218 g/mol. The molecule has 0 aliphatic carbocycles. The molecule has 4 nitrogen and oxygen atoms in total. The normalized spacial score (nSPS) is 25.0. The van der Waals surface area contributed by atoms with Gasteiger partial charge in [0.25, 0.3) is 0 Å². The van der Waals surface area contributed by atoms with Crippen LogP contribution in [0.15, 0.2) is 0 Å². The highest BCUT2D eigenvalue weighted by atomic mass is 16.7. The molecule has 0 saturated carbocycles. The average molecular weight is 218 g/mol. The first-order valence-electron chi connectivity index (χ1n) is 5.45. The summed E-state index contributed by atoms with van der Waals surface area (Å²) >= 11 is 0. The summed E-state index contributed by atoms with van der Waals surface area (Å²) in [6.07, 6.45) is 3.03. The van der Waals surface area contributed by atoms with Gasteiger partial charge in [-0.3, -0.25) is 0 Å². The van der Waals surface area contributed by atoms with Crippen LogP contribution in [0.3, 0.4) is 0 Å². The van der Waals surface area contributed by atoms with E-state index in [1.54, 1.807) is 14.2 Å². The van der Waals surface area contributed by atoms with Crippen LogP contribution in [-0.4, -0.2) is 39.0 Å². The van der Waals surface area contributed by atoms with Crippen molar-refractivity contribution in [3.05, 3.63) is 0 Å². The Morgan fingerprint density at radius 3 is 2.47 bits per heavy atom. The predicted molar refractivity (Wildman–Crippen MR) is 56.6 cm³/mol.